The molecule has 0 saturated heterocycles. The number of aliphatic hydroxyl groups is 1. The Morgan fingerprint density at radius 1 is 1.50 bits per heavy atom. The Bertz CT molecular complexity index is 223. The highest BCUT2D eigenvalue weighted by atomic mass is 32.2. The molecule has 14 heavy (non-hydrogen) atoms. The van der Waals surface area contributed by atoms with Gasteiger partial charge in [0.05, 0.1) is 12.1 Å². The molecule has 0 bridgehead atoms. The second-order valence-electron chi connectivity index (χ2n) is 2.92. The SMILES string of the molecule is C/C=C\C1=C(C)SCC(O)C1N.CC. The Balaban J connectivity index is 0.000000791. The molecule has 3 N–H and O–H groups in total. The van der Waals surface area contributed by atoms with E-state index in [-0.39, 0.29) is 6.04 Å². The van der Waals surface area contributed by atoms with E-state index in [1.807, 2.05) is 39.8 Å². The van der Waals surface area contributed by atoms with Crippen molar-refractivity contribution in [2.24, 2.45) is 5.73 Å². The standard InChI is InChI=1S/C9H15NOS.C2H6/c1-3-4-7-6(2)12-5-8(11)9(7)10;1-2/h3-4,8-9,11H,5,10H2,1-2H3;1-2H3/b4-3-;. The zero-order valence-electron chi connectivity index (χ0n) is 9.45. The lowest BCUT2D eigenvalue weighted by Gasteiger charge is -2.26. The first-order valence-corrected chi connectivity index (χ1v) is 6.05. The van der Waals surface area contributed by atoms with Crippen molar-refractivity contribution in [1.82, 2.24) is 0 Å². The molecule has 2 unspecified atom stereocenters. The van der Waals surface area contributed by atoms with Crippen LogP contribution in [0.3, 0.4) is 0 Å². The molecule has 0 saturated carbocycles. The Kier molecular flexibility index (Phi) is 6.97. The molecule has 2 atom stereocenters. The fourth-order valence-electron chi connectivity index (χ4n) is 1.25. The predicted octanol–water partition coefficient (Wildman–Crippen LogP) is 2.30. The summed E-state index contributed by atoms with van der Waals surface area (Å²) in [6, 6.07) is -0.206. The van der Waals surface area contributed by atoms with Crippen LogP contribution in [0.15, 0.2) is 22.6 Å². The molecular formula is C11H21NOS. The summed E-state index contributed by atoms with van der Waals surface area (Å²) in [7, 11) is 0. The van der Waals surface area contributed by atoms with Crippen LogP contribution in [0.25, 0.3) is 0 Å². The van der Waals surface area contributed by atoms with E-state index in [9.17, 15) is 5.11 Å². The van der Waals surface area contributed by atoms with E-state index in [0.717, 1.165) is 5.57 Å². The van der Waals surface area contributed by atoms with Crippen LogP contribution in [0.1, 0.15) is 27.7 Å². The Morgan fingerprint density at radius 3 is 2.57 bits per heavy atom. The highest BCUT2D eigenvalue weighted by molar-refractivity contribution is 8.03. The third-order valence-electron chi connectivity index (χ3n) is 2.00. The van der Waals surface area contributed by atoms with E-state index in [4.69, 9.17) is 5.73 Å². The normalized spacial score (nSPS) is 27.6. The molecule has 0 aromatic rings. The van der Waals surface area contributed by atoms with Crippen LogP contribution in [0, 0.1) is 0 Å². The van der Waals surface area contributed by atoms with Crippen molar-refractivity contribution >= 4 is 11.8 Å². The first-order chi connectivity index (χ1) is 6.66. The third kappa shape index (κ3) is 3.48. The average Bonchev–Trinajstić information content (AvgIpc) is 2.22. The van der Waals surface area contributed by atoms with Crippen molar-refractivity contribution < 1.29 is 5.11 Å². The Morgan fingerprint density at radius 2 is 2.07 bits per heavy atom. The molecule has 82 valence electrons. The summed E-state index contributed by atoms with van der Waals surface area (Å²) < 4.78 is 0. The minimum absolute atomic E-state index is 0.206. The van der Waals surface area contributed by atoms with Crippen LogP contribution in [-0.2, 0) is 0 Å². The summed E-state index contributed by atoms with van der Waals surface area (Å²) in [5, 5.41) is 9.48. The summed E-state index contributed by atoms with van der Waals surface area (Å²) in [4.78, 5) is 1.23. The highest BCUT2D eigenvalue weighted by Gasteiger charge is 2.24. The maximum Gasteiger partial charge on any atom is 0.0826 e. The molecule has 0 aromatic heterocycles. The first kappa shape index (κ1) is 13.8. The lowest BCUT2D eigenvalue weighted by Crippen LogP contribution is -2.40. The topological polar surface area (TPSA) is 46.2 Å². The highest BCUT2D eigenvalue weighted by Crippen LogP contribution is 2.29. The molecule has 1 heterocycles. The molecule has 0 spiro atoms. The van der Waals surface area contributed by atoms with Gasteiger partial charge in [0.2, 0.25) is 0 Å². The van der Waals surface area contributed by atoms with Gasteiger partial charge < -0.3 is 10.8 Å². The van der Waals surface area contributed by atoms with E-state index in [2.05, 4.69) is 0 Å². The van der Waals surface area contributed by atoms with Crippen molar-refractivity contribution in [1.29, 1.82) is 0 Å². The van der Waals surface area contributed by atoms with Gasteiger partial charge in [0.1, 0.15) is 0 Å². The van der Waals surface area contributed by atoms with Gasteiger partial charge in [-0.3, -0.25) is 0 Å². The summed E-state index contributed by atoms with van der Waals surface area (Å²) in [5.74, 6) is 0.716. The lowest BCUT2D eigenvalue weighted by molar-refractivity contribution is 0.180. The zero-order valence-corrected chi connectivity index (χ0v) is 10.3. The second-order valence-corrected chi connectivity index (χ2v) is 4.15. The number of thioether (sulfide) groups is 1. The predicted molar refractivity (Wildman–Crippen MR) is 65.3 cm³/mol. The molecule has 0 fully saturated rings. The summed E-state index contributed by atoms with van der Waals surface area (Å²) in [6.45, 7) is 8.00. The van der Waals surface area contributed by atoms with Crippen LogP contribution >= 0.6 is 11.8 Å². The maximum absolute atomic E-state index is 9.48. The van der Waals surface area contributed by atoms with Gasteiger partial charge in [-0.1, -0.05) is 26.0 Å². The molecule has 3 heteroatoms. The second kappa shape index (κ2) is 7.10. The molecule has 0 amide bonds. The molecule has 2 nitrogen and oxygen atoms in total. The number of rotatable bonds is 1. The molecule has 0 radical (unpaired) electrons. The molecule has 1 rings (SSSR count). The lowest BCUT2D eigenvalue weighted by atomic mass is 10.0. The number of hydrogen-bond acceptors (Lipinski definition) is 3. The van der Waals surface area contributed by atoms with Crippen LogP contribution in [0.4, 0.5) is 0 Å². The average molecular weight is 215 g/mol. The van der Waals surface area contributed by atoms with Crippen LogP contribution in [-0.4, -0.2) is 23.0 Å². The van der Waals surface area contributed by atoms with E-state index < -0.39 is 6.10 Å². The van der Waals surface area contributed by atoms with Gasteiger partial charge in [0, 0.05) is 5.75 Å². The number of hydrogen-bond donors (Lipinski definition) is 2. The van der Waals surface area contributed by atoms with E-state index in [0.29, 0.717) is 5.75 Å². The van der Waals surface area contributed by atoms with E-state index in [1.165, 1.54) is 4.91 Å². The molecule has 1 aliphatic heterocycles. The summed E-state index contributed by atoms with van der Waals surface area (Å²) >= 11 is 1.68. The first-order valence-electron chi connectivity index (χ1n) is 5.06. The Labute approximate surface area is 91.3 Å². The van der Waals surface area contributed by atoms with Crippen LogP contribution in [0.2, 0.25) is 0 Å². The van der Waals surface area contributed by atoms with Crippen molar-refractivity contribution in [3.8, 4) is 0 Å². The summed E-state index contributed by atoms with van der Waals surface area (Å²) in [6.07, 6.45) is 3.54. The van der Waals surface area contributed by atoms with Gasteiger partial charge in [0.25, 0.3) is 0 Å². The zero-order chi connectivity index (χ0) is 11.1. The van der Waals surface area contributed by atoms with Crippen molar-refractivity contribution in [2.75, 3.05) is 5.75 Å². The molecular weight excluding hydrogens is 194 g/mol. The van der Waals surface area contributed by atoms with E-state index in [1.54, 1.807) is 11.8 Å². The monoisotopic (exact) mass is 215 g/mol. The minimum atomic E-state index is -0.398. The van der Waals surface area contributed by atoms with Crippen molar-refractivity contribution in [3.63, 3.8) is 0 Å². The third-order valence-corrected chi connectivity index (χ3v) is 3.17. The molecule has 1 aliphatic rings. The van der Waals surface area contributed by atoms with Gasteiger partial charge in [-0.05, 0) is 24.3 Å². The smallest absolute Gasteiger partial charge is 0.0826 e. The fourth-order valence-corrected chi connectivity index (χ4v) is 2.25. The van der Waals surface area contributed by atoms with Crippen molar-refractivity contribution in [2.45, 2.75) is 39.8 Å². The minimum Gasteiger partial charge on any atom is -0.390 e. The quantitative estimate of drug-likeness (QED) is 0.705. The van der Waals surface area contributed by atoms with Crippen LogP contribution in [0.5, 0.6) is 0 Å². The van der Waals surface area contributed by atoms with Gasteiger partial charge >= 0.3 is 0 Å². The molecule has 0 aromatic carbocycles. The van der Waals surface area contributed by atoms with Gasteiger partial charge in [0.15, 0.2) is 0 Å². The van der Waals surface area contributed by atoms with E-state index >= 15 is 0 Å². The maximum atomic E-state index is 9.48. The summed E-state index contributed by atoms with van der Waals surface area (Å²) in [5.41, 5.74) is 6.90. The van der Waals surface area contributed by atoms with Crippen molar-refractivity contribution in [3.05, 3.63) is 22.6 Å². The van der Waals surface area contributed by atoms with Gasteiger partial charge in [-0.2, -0.15) is 0 Å². The Hall–Kier alpha value is -0.250. The largest absolute Gasteiger partial charge is 0.390 e. The molecule has 0 aliphatic carbocycles. The number of allylic oxidation sites excluding steroid dienone is 2. The van der Waals surface area contributed by atoms with Gasteiger partial charge in [-0.25, -0.2) is 0 Å². The fraction of sp³-hybridized carbons (Fsp3) is 0.636. The van der Waals surface area contributed by atoms with Crippen LogP contribution < -0.4 is 5.73 Å². The number of aliphatic hydroxyl groups excluding tert-OH is 1. The number of nitrogens with two attached hydrogens (primary N) is 1. The van der Waals surface area contributed by atoms with Gasteiger partial charge in [-0.15, -0.1) is 11.8 Å².